The smallest absolute Gasteiger partial charge is 0.231 e. The summed E-state index contributed by atoms with van der Waals surface area (Å²) in [6.07, 6.45) is 0.951. The van der Waals surface area contributed by atoms with E-state index in [0.717, 1.165) is 26.3 Å². The van der Waals surface area contributed by atoms with Gasteiger partial charge in [-0.3, -0.25) is 4.79 Å². The normalized spacial score (nSPS) is 10.5. The van der Waals surface area contributed by atoms with E-state index in [0.29, 0.717) is 6.42 Å². The van der Waals surface area contributed by atoms with Crippen molar-refractivity contribution in [1.82, 2.24) is 10.2 Å². The van der Waals surface area contributed by atoms with Gasteiger partial charge >= 0.3 is 0 Å². The van der Waals surface area contributed by atoms with Gasteiger partial charge in [0.25, 0.3) is 0 Å². The molecule has 0 saturated carbocycles. The Balaban J connectivity index is 1.57. The molecular formula is C16H15N3O2S2. The lowest BCUT2D eigenvalue weighted by molar-refractivity contribution is -0.115. The van der Waals surface area contributed by atoms with Crippen LogP contribution in [0.4, 0.5) is 5.00 Å². The van der Waals surface area contributed by atoms with Gasteiger partial charge in [-0.15, -0.1) is 32.9 Å². The number of hydrogen-bond acceptors (Lipinski definition) is 6. The molecule has 0 aliphatic carbocycles. The van der Waals surface area contributed by atoms with Crippen LogP contribution in [-0.2, 0) is 17.6 Å². The van der Waals surface area contributed by atoms with Crippen LogP contribution in [0.5, 0.6) is 5.75 Å². The Morgan fingerprint density at radius 2 is 1.96 bits per heavy atom. The van der Waals surface area contributed by atoms with Gasteiger partial charge < -0.3 is 10.1 Å². The molecule has 1 N–H and O–H groups in total. The highest BCUT2D eigenvalue weighted by molar-refractivity contribution is 7.14. The SMILES string of the molecule is COc1ccc(Cc2nnc(CC(=O)Nc3cccs3)s2)cc1. The Bertz CT molecular complexity index is 767. The third-order valence-corrected chi connectivity index (χ3v) is 4.83. The third kappa shape index (κ3) is 4.37. The van der Waals surface area contributed by atoms with Crippen LogP contribution < -0.4 is 10.1 Å². The lowest BCUT2D eigenvalue weighted by Crippen LogP contribution is -2.13. The molecule has 3 rings (SSSR count). The van der Waals surface area contributed by atoms with Gasteiger partial charge in [0.05, 0.1) is 18.5 Å². The van der Waals surface area contributed by atoms with Crippen molar-refractivity contribution in [3.63, 3.8) is 0 Å². The first-order valence-electron chi connectivity index (χ1n) is 7.00. The second-order valence-electron chi connectivity index (χ2n) is 4.82. The summed E-state index contributed by atoms with van der Waals surface area (Å²) in [5.74, 6) is 0.761. The van der Waals surface area contributed by atoms with Gasteiger partial charge in [-0.2, -0.15) is 0 Å². The highest BCUT2D eigenvalue weighted by Crippen LogP contribution is 2.19. The molecule has 0 unspecified atom stereocenters. The molecular weight excluding hydrogens is 330 g/mol. The zero-order valence-corrected chi connectivity index (χ0v) is 14.1. The van der Waals surface area contributed by atoms with Crippen molar-refractivity contribution < 1.29 is 9.53 Å². The van der Waals surface area contributed by atoms with Gasteiger partial charge in [0.2, 0.25) is 5.91 Å². The molecule has 0 fully saturated rings. The molecule has 7 heteroatoms. The predicted molar refractivity (Wildman–Crippen MR) is 92.4 cm³/mol. The maximum absolute atomic E-state index is 11.9. The highest BCUT2D eigenvalue weighted by atomic mass is 32.1. The summed E-state index contributed by atoms with van der Waals surface area (Å²) >= 11 is 2.96. The number of carbonyl (C=O) groups is 1. The standard InChI is InChI=1S/C16H15N3O2S2/c1-21-12-6-4-11(5-7-12)9-15-18-19-16(23-15)10-13(20)17-14-3-2-8-22-14/h2-8H,9-10H2,1H3,(H,17,20). The van der Waals surface area contributed by atoms with E-state index in [1.807, 2.05) is 41.8 Å². The fourth-order valence-electron chi connectivity index (χ4n) is 2.02. The second-order valence-corrected chi connectivity index (χ2v) is 6.91. The molecule has 1 amide bonds. The first kappa shape index (κ1) is 15.6. The summed E-state index contributed by atoms with van der Waals surface area (Å²) in [4.78, 5) is 11.9. The number of nitrogens with zero attached hydrogens (tertiary/aromatic N) is 2. The number of ether oxygens (including phenoxy) is 1. The molecule has 0 aliphatic heterocycles. The minimum absolute atomic E-state index is 0.0698. The number of hydrogen-bond donors (Lipinski definition) is 1. The number of anilines is 1. The Morgan fingerprint density at radius 1 is 1.17 bits per heavy atom. The predicted octanol–water partition coefficient (Wildman–Crippen LogP) is 3.38. The van der Waals surface area contributed by atoms with E-state index in [-0.39, 0.29) is 12.3 Å². The molecule has 3 aromatic rings. The van der Waals surface area contributed by atoms with Crippen molar-refractivity contribution >= 4 is 33.6 Å². The lowest BCUT2D eigenvalue weighted by atomic mass is 10.1. The van der Waals surface area contributed by atoms with Gasteiger partial charge in [0.1, 0.15) is 15.8 Å². The van der Waals surface area contributed by atoms with E-state index < -0.39 is 0 Å². The molecule has 2 heterocycles. The van der Waals surface area contributed by atoms with Crippen LogP contribution in [0.1, 0.15) is 15.6 Å². The van der Waals surface area contributed by atoms with Gasteiger partial charge in [-0.1, -0.05) is 12.1 Å². The first-order chi connectivity index (χ1) is 11.2. The molecule has 5 nitrogen and oxygen atoms in total. The van der Waals surface area contributed by atoms with Crippen molar-refractivity contribution in [3.05, 3.63) is 57.4 Å². The van der Waals surface area contributed by atoms with Crippen molar-refractivity contribution in [2.24, 2.45) is 0 Å². The lowest BCUT2D eigenvalue weighted by Gasteiger charge is -2.01. The largest absolute Gasteiger partial charge is 0.497 e. The van der Waals surface area contributed by atoms with E-state index in [1.165, 1.54) is 22.7 Å². The summed E-state index contributed by atoms with van der Waals surface area (Å²) < 4.78 is 5.14. The summed E-state index contributed by atoms with van der Waals surface area (Å²) in [6.45, 7) is 0. The minimum Gasteiger partial charge on any atom is -0.497 e. The molecule has 2 aromatic heterocycles. The number of methoxy groups -OCH3 is 1. The van der Waals surface area contributed by atoms with Gasteiger partial charge in [-0.05, 0) is 35.2 Å². The molecule has 0 spiro atoms. The zero-order chi connectivity index (χ0) is 16.1. The summed E-state index contributed by atoms with van der Waals surface area (Å²) in [5.41, 5.74) is 1.14. The van der Waals surface area contributed by atoms with Crippen molar-refractivity contribution in [1.29, 1.82) is 0 Å². The van der Waals surface area contributed by atoms with E-state index in [9.17, 15) is 4.79 Å². The van der Waals surface area contributed by atoms with Gasteiger partial charge in [0.15, 0.2) is 0 Å². The third-order valence-electron chi connectivity index (χ3n) is 3.12. The van der Waals surface area contributed by atoms with Crippen LogP contribution in [0.15, 0.2) is 41.8 Å². The number of benzene rings is 1. The maximum Gasteiger partial charge on any atom is 0.231 e. The second kappa shape index (κ2) is 7.34. The Hall–Kier alpha value is -2.25. The van der Waals surface area contributed by atoms with Gasteiger partial charge in [0, 0.05) is 6.42 Å². The van der Waals surface area contributed by atoms with Crippen LogP contribution in [0.25, 0.3) is 0 Å². The summed E-state index contributed by atoms with van der Waals surface area (Å²) in [5, 5.41) is 15.5. The molecule has 118 valence electrons. The number of aromatic nitrogens is 2. The number of carbonyl (C=O) groups excluding carboxylic acids is 1. The molecule has 0 bridgehead atoms. The first-order valence-corrected chi connectivity index (χ1v) is 8.70. The summed E-state index contributed by atoms with van der Waals surface area (Å²) in [6, 6.07) is 11.6. The van der Waals surface area contributed by atoms with E-state index >= 15 is 0 Å². The van der Waals surface area contributed by atoms with Crippen LogP contribution in [0.3, 0.4) is 0 Å². The average molecular weight is 345 g/mol. The Kier molecular flexibility index (Phi) is 4.99. The quantitative estimate of drug-likeness (QED) is 0.744. The van der Waals surface area contributed by atoms with Gasteiger partial charge in [-0.25, -0.2) is 0 Å². The Morgan fingerprint density at radius 3 is 2.65 bits per heavy atom. The van der Waals surface area contributed by atoms with Crippen LogP contribution in [-0.4, -0.2) is 23.2 Å². The molecule has 0 atom stereocenters. The molecule has 0 radical (unpaired) electrons. The molecule has 0 aliphatic rings. The van der Waals surface area contributed by atoms with Crippen molar-refractivity contribution in [2.45, 2.75) is 12.8 Å². The zero-order valence-electron chi connectivity index (χ0n) is 12.5. The fourth-order valence-corrected chi connectivity index (χ4v) is 3.53. The van der Waals surface area contributed by atoms with E-state index in [4.69, 9.17) is 4.74 Å². The molecule has 0 saturated heterocycles. The number of rotatable bonds is 6. The van der Waals surface area contributed by atoms with E-state index in [2.05, 4.69) is 15.5 Å². The number of amides is 1. The van der Waals surface area contributed by atoms with Crippen LogP contribution in [0, 0.1) is 0 Å². The minimum atomic E-state index is -0.0698. The van der Waals surface area contributed by atoms with Crippen molar-refractivity contribution in [3.8, 4) is 5.75 Å². The van der Waals surface area contributed by atoms with Crippen LogP contribution in [0.2, 0.25) is 0 Å². The number of thiophene rings is 1. The Labute approximate surface area is 142 Å². The fraction of sp³-hybridized carbons (Fsp3) is 0.188. The summed E-state index contributed by atoms with van der Waals surface area (Å²) in [7, 11) is 1.65. The maximum atomic E-state index is 11.9. The van der Waals surface area contributed by atoms with E-state index in [1.54, 1.807) is 7.11 Å². The molecule has 23 heavy (non-hydrogen) atoms. The number of nitrogens with one attached hydrogen (secondary N) is 1. The topological polar surface area (TPSA) is 64.1 Å². The highest BCUT2D eigenvalue weighted by Gasteiger charge is 2.10. The monoisotopic (exact) mass is 345 g/mol. The van der Waals surface area contributed by atoms with Crippen molar-refractivity contribution in [2.75, 3.05) is 12.4 Å². The molecule has 1 aromatic carbocycles. The average Bonchev–Trinajstić information content (AvgIpc) is 3.20. The van der Waals surface area contributed by atoms with Crippen LogP contribution >= 0.6 is 22.7 Å².